The smallest absolute Gasteiger partial charge is 0.0540 e. The normalized spacial score (nSPS) is 26.6. The first-order valence-corrected chi connectivity index (χ1v) is 6.14. The van der Waals surface area contributed by atoms with Crippen LogP contribution < -0.4 is 5.73 Å². The van der Waals surface area contributed by atoms with Crippen molar-refractivity contribution in [1.29, 1.82) is 0 Å². The molecule has 2 N–H and O–H groups in total. The van der Waals surface area contributed by atoms with Crippen molar-refractivity contribution >= 4 is 0 Å². The van der Waals surface area contributed by atoms with Crippen molar-refractivity contribution in [3.63, 3.8) is 0 Å². The van der Waals surface area contributed by atoms with E-state index in [0.717, 1.165) is 51.0 Å². The highest BCUT2D eigenvalue weighted by Gasteiger charge is 2.29. The molecule has 1 unspecified atom stereocenters. The van der Waals surface area contributed by atoms with Gasteiger partial charge in [-0.25, -0.2) is 0 Å². The van der Waals surface area contributed by atoms with Crippen molar-refractivity contribution in [1.82, 2.24) is 9.78 Å². The van der Waals surface area contributed by atoms with Crippen LogP contribution in [-0.2, 0) is 16.8 Å². The van der Waals surface area contributed by atoms with Crippen molar-refractivity contribution in [2.24, 2.45) is 5.73 Å². The van der Waals surface area contributed by atoms with Gasteiger partial charge in [0.05, 0.1) is 6.20 Å². The zero-order chi connectivity index (χ0) is 11.4. The molecule has 1 saturated heterocycles. The standard InChI is InChI=1S/C12H21N3O/c1-2-6-15-10-11(9-14-15)12(13)4-3-7-16-8-5-12/h9-10H,2-8,13H2,1H3. The predicted molar refractivity (Wildman–Crippen MR) is 63.1 cm³/mol. The third-order valence-electron chi connectivity index (χ3n) is 3.26. The maximum Gasteiger partial charge on any atom is 0.0540 e. The van der Waals surface area contributed by atoms with Crippen LogP contribution in [0, 0.1) is 0 Å². The molecule has 1 aromatic rings. The van der Waals surface area contributed by atoms with Crippen LogP contribution in [0.4, 0.5) is 0 Å². The topological polar surface area (TPSA) is 53.1 Å². The lowest BCUT2D eigenvalue weighted by molar-refractivity contribution is 0.139. The zero-order valence-electron chi connectivity index (χ0n) is 9.98. The third-order valence-corrected chi connectivity index (χ3v) is 3.26. The molecule has 90 valence electrons. The van der Waals surface area contributed by atoms with Gasteiger partial charge >= 0.3 is 0 Å². The van der Waals surface area contributed by atoms with E-state index in [1.165, 1.54) is 0 Å². The Morgan fingerprint density at radius 3 is 3.19 bits per heavy atom. The molecule has 0 bridgehead atoms. The number of aryl methyl sites for hydroxylation is 1. The van der Waals surface area contributed by atoms with Gasteiger partial charge in [-0.3, -0.25) is 4.68 Å². The van der Waals surface area contributed by atoms with Gasteiger partial charge in [-0.15, -0.1) is 0 Å². The second-order valence-electron chi connectivity index (χ2n) is 4.61. The second-order valence-corrected chi connectivity index (χ2v) is 4.61. The van der Waals surface area contributed by atoms with E-state index in [4.69, 9.17) is 10.5 Å². The van der Waals surface area contributed by atoms with E-state index in [0.29, 0.717) is 0 Å². The summed E-state index contributed by atoms with van der Waals surface area (Å²) >= 11 is 0. The summed E-state index contributed by atoms with van der Waals surface area (Å²) in [5.74, 6) is 0. The molecule has 16 heavy (non-hydrogen) atoms. The van der Waals surface area contributed by atoms with Gasteiger partial charge < -0.3 is 10.5 Å². The van der Waals surface area contributed by atoms with Gasteiger partial charge in [0.2, 0.25) is 0 Å². The Balaban J connectivity index is 2.13. The van der Waals surface area contributed by atoms with Crippen LogP contribution in [-0.4, -0.2) is 23.0 Å². The molecule has 2 heterocycles. The summed E-state index contributed by atoms with van der Waals surface area (Å²) in [4.78, 5) is 0. The molecule has 1 atom stereocenters. The van der Waals surface area contributed by atoms with Crippen LogP contribution >= 0.6 is 0 Å². The number of aromatic nitrogens is 2. The number of hydrogen-bond acceptors (Lipinski definition) is 3. The minimum Gasteiger partial charge on any atom is -0.381 e. The Hall–Kier alpha value is -0.870. The molecule has 0 amide bonds. The van der Waals surface area contributed by atoms with E-state index in [1.807, 2.05) is 10.9 Å². The third kappa shape index (κ3) is 2.44. The van der Waals surface area contributed by atoms with Crippen LogP contribution in [0.2, 0.25) is 0 Å². The van der Waals surface area contributed by atoms with Gasteiger partial charge in [0.15, 0.2) is 0 Å². The Kier molecular flexibility index (Phi) is 3.61. The first-order chi connectivity index (χ1) is 7.74. The monoisotopic (exact) mass is 223 g/mol. The SMILES string of the molecule is CCCn1cc(C2(N)CCCOCC2)cn1. The first kappa shape index (κ1) is 11.6. The summed E-state index contributed by atoms with van der Waals surface area (Å²) in [6, 6.07) is 0. The molecule has 4 nitrogen and oxygen atoms in total. The molecule has 0 saturated carbocycles. The molecule has 1 fully saturated rings. The van der Waals surface area contributed by atoms with E-state index >= 15 is 0 Å². The summed E-state index contributed by atoms with van der Waals surface area (Å²) in [6.45, 7) is 4.71. The number of hydrogen-bond donors (Lipinski definition) is 1. The molecule has 1 aliphatic heterocycles. The van der Waals surface area contributed by atoms with Crippen LogP contribution in [0.1, 0.15) is 38.2 Å². The average Bonchev–Trinajstić information content (AvgIpc) is 2.63. The molecule has 4 heteroatoms. The molecule has 1 aromatic heterocycles. The molecular formula is C12H21N3O. The highest BCUT2D eigenvalue weighted by atomic mass is 16.5. The fraction of sp³-hybridized carbons (Fsp3) is 0.750. The second kappa shape index (κ2) is 4.97. The summed E-state index contributed by atoms with van der Waals surface area (Å²) in [6.07, 6.45) is 8.03. The molecule has 2 rings (SSSR count). The highest BCUT2D eigenvalue weighted by molar-refractivity contribution is 5.17. The van der Waals surface area contributed by atoms with Gasteiger partial charge in [-0.2, -0.15) is 5.10 Å². The molecule has 0 radical (unpaired) electrons. The van der Waals surface area contributed by atoms with Crippen LogP contribution in [0.15, 0.2) is 12.4 Å². The number of nitrogens with two attached hydrogens (primary N) is 1. The molecular weight excluding hydrogens is 202 g/mol. The van der Waals surface area contributed by atoms with Crippen LogP contribution in [0.25, 0.3) is 0 Å². The minimum absolute atomic E-state index is 0.234. The Morgan fingerprint density at radius 2 is 2.38 bits per heavy atom. The maximum atomic E-state index is 6.46. The number of rotatable bonds is 3. The maximum absolute atomic E-state index is 6.46. The van der Waals surface area contributed by atoms with E-state index in [9.17, 15) is 0 Å². The van der Waals surface area contributed by atoms with Crippen molar-refractivity contribution < 1.29 is 4.74 Å². The molecule has 0 aromatic carbocycles. The van der Waals surface area contributed by atoms with Crippen molar-refractivity contribution in [2.75, 3.05) is 13.2 Å². The van der Waals surface area contributed by atoms with Crippen molar-refractivity contribution in [3.8, 4) is 0 Å². The summed E-state index contributed by atoms with van der Waals surface area (Å²) in [5.41, 5.74) is 7.38. The number of ether oxygens (including phenoxy) is 1. The highest BCUT2D eigenvalue weighted by Crippen LogP contribution is 2.29. The summed E-state index contributed by atoms with van der Waals surface area (Å²) in [7, 11) is 0. The first-order valence-electron chi connectivity index (χ1n) is 6.14. The lowest BCUT2D eigenvalue weighted by Crippen LogP contribution is -2.36. The van der Waals surface area contributed by atoms with Gasteiger partial charge in [-0.1, -0.05) is 6.92 Å². The fourth-order valence-corrected chi connectivity index (χ4v) is 2.23. The largest absolute Gasteiger partial charge is 0.381 e. The van der Waals surface area contributed by atoms with Crippen molar-refractivity contribution in [2.45, 2.75) is 44.7 Å². The zero-order valence-corrected chi connectivity index (χ0v) is 9.98. The van der Waals surface area contributed by atoms with Crippen molar-refractivity contribution in [3.05, 3.63) is 18.0 Å². The van der Waals surface area contributed by atoms with Gasteiger partial charge in [0.25, 0.3) is 0 Å². The van der Waals surface area contributed by atoms with E-state index < -0.39 is 0 Å². The fourth-order valence-electron chi connectivity index (χ4n) is 2.23. The Morgan fingerprint density at radius 1 is 1.50 bits per heavy atom. The Bertz CT molecular complexity index is 327. The van der Waals surface area contributed by atoms with Gasteiger partial charge in [0, 0.05) is 37.1 Å². The molecule has 0 spiro atoms. The molecule has 0 aliphatic carbocycles. The summed E-state index contributed by atoms with van der Waals surface area (Å²) in [5, 5.41) is 4.35. The van der Waals surface area contributed by atoms with Crippen LogP contribution in [0.3, 0.4) is 0 Å². The molecule has 1 aliphatic rings. The van der Waals surface area contributed by atoms with Gasteiger partial charge in [-0.05, 0) is 25.7 Å². The van der Waals surface area contributed by atoms with E-state index in [2.05, 4.69) is 18.2 Å². The van der Waals surface area contributed by atoms with E-state index in [1.54, 1.807) is 0 Å². The van der Waals surface area contributed by atoms with Crippen LogP contribution in [0.5, 0.6) is 0 Å². The Labute approximate surface area is 96.8 Å². The lowest BCUT2D eigenvalue weighted by atomic mass is 9.86. The summed E-state index contributed by atoms with van der Waals surface area (Å²) < 4.78 is 7.44. The minimum atomic E-state index is -0.234. The predicted octanol–water partition coefficient (Wildman–Crippen LogP) is 1.65. The lowest BCUT2D eigenvalue weighted by Gasteiger charge is -2.25. The van der Waals surface area contributed by atoms with E-state index in [-0.39, 0.29) is 5.54 Å². The average molecular weight is 223 g/mol. The quantitative estimate of drug-likeness (QED) is 0.847. The van der Waals surface area contributed by atoms with Gasteiger partial charge in [0.1, 0.15) is 0 Å². The number of nitrogens with zero attached hydrogens (tertiary/aromatic N) is 2.